The third-order valence-electron chi connectivity index (χ3n) is 3.70. The predicted molar refractivity (Wildman–Crippen MR) is 65.8 cm³/mol. The molecule has 0 bridgehead atoms. The van der Waals surface area contributed by atoms with Crippen LogP contribution in [-0.4, -0.2) is 26.6 Å². The summed E-state index contributed by atoms with van der Waals surface area (Å²) in [5, 5.41) is 14.0. The SMILES string of the molecule is OC1CC(c2nc(CSC3CCCC3)no2)C1. The summed E-state index contributed by atoms with van der Waals surface area (Å²) in [4.78, 5) is 4.42. The molecule has 2 aliphatic rings. The summed E-state index contributed by atoms with van der Waals surface area (Å²) in [5.41, 5.74) is 0. The fraction of sp³-hybridized carbons (Fsp3) is 0.833. The largest absolute Gasteiger partial charge is 0.393 e. The fourth-order valence-corrected chi connectivity index (χ4v) is 3.70. The van der Waals surface area contributed by atoms with Gasteiger partial charge < -0.3 is 9.63 Å². The first kappa shape index (κ1) is 11.5. The third-order valence-corrected chi connectivity index (χ3v) is 5.06. The molecule has 4 nitrogen and oxygen atoms in total. The molecule has 0 amide bonds. The molecule has 2 fully saturated rings. The normalized spacial score (nSPS) is 29.5. The van der Waals surface area contributed by atoms with Gasteiger partial charge in [0.1, 0.15) is 0 Å². The van der Waals surface area contributed by atoms with Crippen LogP contribution in [0.3, 0.4) is 0 Å². The molecule has 94 valence electrons. The topological polar surface area (TPSA) is 59.2 Å². The van der Waals surface area contributed by atoms with Gasteiger partial charge in [0.25, 0.3) is 0 Å². The molecule has 1 aromatic heterocycles. The third kappa shape index (κ3) is 2.65. The van der Waals surface area contributed by atoms with Gasteiger partial charge in [0.15, 0.2) is 5.82 Å². The Hall–Kier alpha value is -0.550. The summed E-state index contributed by atoms with van der Waals surface area (Å²) in [5.74, 6) is 2.70. The zero-order chi connectivity index (χ0) is 11.7. The van der Waals surface area contributed by atoms with Gasteiger partial charge in [-0.1, -0.05) is 18.0 Å². The van der Waals surface area contributed by atoms with Crippen molar-refractivity contribution < 1.29 is 9.63 Å². The highest BCUT2D eigenvalue weighted by Gasteiger charge is 2.33. The van der Waals surface area contributed by atoms with E-state index >= 15 is 0 Å². The molecule has 3 rings (SSSR count). The van der Waals surface area contributed by atoms with Crippen LogP contribution in [-0.2, 0) is 5.75 Å². The number of aromatic nitrogens is 2. The summed E-state index contributed by atoms with van der Waals surface area (Å²) >= 11 is 1.95. The van der Waals surface area contributed by atoms with Crippen LogP contribution in [0.15, 0.2) is 4.52 Å². The van der Waals surface area contributed by atoms with Crippen molar-refractivity contribution in [3.63, 3.8) is 0 Å². The Morgan fingerprint density at radius 1 is 1.29 bits per heavy atom. The molecule has 17 heavy (non-hydrogen) atoms. The smallest absolute Gasteiger partial charge is 0.229 e. The molecule has 0 aromatic carbocycles. The predicted octanol–water partition coefficient (Wildman–Crippen LogP) is 2.48. The molecule has 2 saturated carbocycles. The molecule has 0 aliphatic heterocycles. The van der Waals surface area contributed by atoms with Crippen LogP contribution in [0.4, 0.5) is 0 Å². The molecular weight excluding hydrogens is 236 g/mol. The average molecular weight is 254 g/mol. The summed E-state index contributed by atoms with van der Waals surface area (Å²) < 4.78 is 5.25. The highest BCUT2D eigenvalue weighted by molar-refractivity contribution is 7.99. The number of rotatable bonds is 4. The molecule has 1 N–H and O–H groups in total. The number of thioether (sulfide) groups is 1. The minimum atomic E-state index is -0.164. The second-order valence-electron chi connectivity index (χ2n) is 5.09. The summed E-state index contributed by atoms with van der Waals surface area (Å²) in [7, 11) is 0. The summed E-state index contributed by atoms with van der Waals surface area (Å²) in [6, 6.07) is 0. The van der Waals surface area contributed by atoms with Gasteiger partial charge in [-0.3, -0.25) is 0 Å². The highest BCUT2D eigenvalue weighted by Crippen LogP contribution is 2.36. The molecule has 1 aromatic rings. The van der Waals surface area contributed by atoms with Crippen molar-refractivity contribution >= 4 is 11.8 Å². The van der Waals surface area contributed by atoms with Gasteiger partial charge in [0.05, 0.1) is 11.9 Å². The van der Waals surface area contributed by atoms with Gasteiger partial charge in [-0.2, -0.15) is 16.7 Å². The van der Waals surface area contributed by atoms with Crippen molar-refractivity contribution in [1.82, 2.24) is 10.1 Å². The second-order valence-corrected chi connectivity index (χ2v) is 6.38. The van der Waals surface area contributed by atoms with E-state index in [-0.39, 0.29) is 6.10 Å². The van der Waals surface area contributed by atoms with Crippen LogP contribution in [0.1, 0.15) is 56.2 Å². The monoisotopic (exact) mass is 254 g/mol. The minimum absolute atomic E-state index is 0.164. The lowest BCUT2D eigenvalue weighted by atomic mass is 9.82. The lowest BCUT2D eigenvalue weighted by Crippen LogP contribution is -2.26. The Bertz CT molecular complexity index is 370. The molecule has 0 spiro atoms. The molecule has 0 unspecified atom stereocenters. The van der Waals surface area contributed by atoms with Gasteiger partial charge in [-0.05, 0) is 25.7 Å². The first-order chi connectivity index (χ1) is 8.31. The van der Waals surface area contributed by atoms with Crippen LogP contribution < -0.4 is 0 Å². The van der Waals surface area contributed by atoms with Crippen molar-refractivity contribution in [3.05, 3.63) is 11.7 Å². The molecule has 0 radical (unpaired) electrons. The highest BCUT2D eigenvalue weighted by atomic mass is 32.2. The standard InChI is InChI=1S/C12H18N2O2S/c15-9-5-8(6-9)12-13-11(14-16-12)7-17-10-3-1-2-4-10/h8-10,15H,1-7H2. The van der Waals surface area contributed by atoms with E-state index in [9.17, 15) is 5.11 Å². The number of hydrogen-bond donors (Lipinski definition) is 1. The van der Waals surface area contributed by atoms with Crippen LogP contribution in [0, 0.1) is 0 Å². The van der Waals surface area contributed by atoms with Gasteiger partial charge in [-0.15, -0.1) is 0 Å². The maximum absolute atomic E-state index is 9.24. The van der Waals surface area contributed by atoms with Crippen LogP contribution >= 0.6 is 11.8 Å². The van der Waals surface area contributed by atoms with E-state index in [0.717, 1.165) is 35.6 Å². The minimum Gasteiger partial charge on any atom is -0.393 e. The first-order valence-electron chi connectivity index (χ1n) is 6.43. The van der Waals surface area contributed by atoms with Gasteiger partial charge in [0.2, 0.25) is 5.89 Å². The Balaban J connectivity index is 1.50. The van der Waals surface area contributed by atoms with E-state index in [1.165, 1.54) is 25.7 Å². The van der Waals surface area contributed by atoms with Crippen LogP contribution in [0.2, 0.25) is 0 Å². The van der Waals surface area contributed by atoms with Crippen molar-refractivity contribution in [1.29, 1.82) is 0 Å². The number of hydrogen-bond acceptors (Lipinski definition) is 5. The first-order valence-corrected chi connectivity index (χ1v) is 7.48. The van der Waals surface area contributed by atoms with E-state index in [2.05, 4.69) is 10.1 Å². The molecule has 5 heteroatoms. The Kier molecular flexibility index (Phi) is 3.38. The number of aliphatic hydroxyl groups is 1. The lowest BCUT2D eigenvalue weighted by Gasteiger charge is -2.27. The maximum Gasteiger partial charge on any atom is 0.229 e. The van der Waals surface area contributed by atoms with E-state index in [4.69, 9.17) is 4.52 Å². The van der Waals surface area contributed by atoms with Crippen LogP contribution in [0.5, 0.6) is 0 Å². The Morgan fingerprint density at radius 3 is 2.76 bits per heavy atom. The molecule has 2 aliphatic carbocycles. The Morgan fingerprint density at radius 2 is 2.06 bits per heavy atom. The average Bonchev–Trinajstić information content (AvgIpc) is 2.93. The summed E-state index contributed by atoms with van der Waals surface area (Å²) in [6.45, 7) is 0. The van der Waals surface area contributed by atoms with E-state index < -0.39 is 0 Å². The van der Waals surface area contributed by atoms with Gasteiger partial charge in [0, 0.05) is 11.2 Å². The molecule has 1 heterocycles. The molecular formula is C12H18N2O2S. The lowest BCUT2D eigenvalue weighted by molar-refractivity contribution is 0.0625. The van der Waals surface area contributed by atoms with Crippen molar-refractivity contribution in [2.75, 3.05) is 0 Å². The van der Waals surface area contributed by atoms with Gasteiger partial charge >= 0.3 is 0 Å². The maximum atomic E-state index is 9.24. The Labute approximate surface area is 105 Å². The van der Waals surface area contributed by atoms with Crippen molar-refractivity contribution in [2.24, 2.45) is 0 Å². The zero-order valence-corrected chi connectivity index (χ0v) is 10.7. The summed E-state index contributed by atoms with van der Waals surface area (Å²) in [6.07, 6.45) is 6.80. The molecule has 0 atom stereocenters. The second kappa shape index (κ2) is 4.98. The van der Waals surface area contributed by atoms with Crippen LogP contribution in [0.25, 0.3) is 0 Å². The van der Waals surface area contributed by atoms with E-state index in [0.29, 0.717) is 5.92 Å². The van der Waals surface area contributed by atoms with E-state index in [1.54, 1.807) is 0 Å². The van der Waals surface area contributed by atoms with Crippen molar-refractivity contribution in [3.8, 4) is 0 Å². The molecule has 0 saturated heterocycles. The fourth-order valence-electron chi connectivity index (χ4n) is 2.53. The zero-order valence-electron chi connectivity index (χ0n) is 9.84. The quantitative estimate of drug-likeness (QED) is 0.894. The van der Waals surface area contributed by atoms with Gasteiger partial charge in [-0.25, -0.2) is 0 Å². The van der Waals surface area contributed by atoms with Crippen molar-refractivity contribution in [2.45, 2.75) is 61.5 Å². The number of aliphatic hydroxyl groups excluding tert-OH is 1. The van der Waals surface area contributed by atoms with E-state index in [1.807, 2.05) is 11.8 Å². The number of nitrogens with zero attached hydrogens (tertiary/aromatic N) is 2.